The summed E-state index contributed by atoms with van der Waals surface area (Å²) in [5.41, 5.74) is 8.44. The van der Waals surface area contributed by atoms with Gasteiger partial charge in [-0.25, -0.2) is 4.98 Å². The summed E-state index contributed by atoms with van der Waals surface area (Å²) in [6, 6.07) is 7.10. The van der Waals surface area contributed by atoms with E-state index in [-0.39, 0.29) is 18.9 Å². The third-order valence-corrected chi connectivity index (χ3v) is 5.59. The first-order chi connectivity index (χ1) is 15.3. The molecule has 0 saturated heterocycles. The molecular weight excluding hydrogens is 416 g/mol. The van der Waals surface area contributed by atoms with Gasteiger partial charge in [0.2, 0.25) is 11.7 Å². The molecule has 1 aliphatic rings. The van der Waals surface area contributed by atoms with Crippen LogP contribution in [-0.2, 0) is 18.3 Å². The number of methoxy groups -OCH3 is 2. The van der Waals surface area contributed by atoms with E-state index in [0.29, 0.717) is 58.6 Å². The molecule has 1 aromatic heterocycles. The Kier molecular flexibility index (Phi) is 5.52. The predicted molar refractivity (Wildman–Crippen MR) is 117 cm³/mol. The van der Waals surface area contributed by atoms with Gasteiger partial charge in [0.1, 0.15) is 5.52 Å². The van der Waals surface area contributed by atoms with Gasteiger partial charge in [-0.15, -0.1) is 0 Å². The number of carboxylic acids is 1. The maximum absolute atomic E-state index is 13.0. The Morgan fingerprint density at radius 2 is 2.00 bits per heavy atom. The molecule has 1 amide bonds. The lowest BCUT2D eigenvalue weighted by Gasteiger charge is -2.30. The van der Waals surface area contributed by atoms with Crippen LogP contribution in [0.5, 0.6) is 23.0 Å². The summed E-state index contributed by atoms with van der Waals surface area (Å²) in [5.74, 6) is 0.643. The van der Waals surface area contributed by atoms with Gasteiger partial charge in [0.05, 0.1) is 31.7 Å². The van der Waals surface area contributed by atoms with Gasteiger partial charge in [-0.05, 0) is 24.6 Å². The molecule has 10 nitrogen and oxygen atoms in total. The Bertz CT molecular complexity index is 1220. The molecule has 4 rings (SSSR count). The van der Waals surface area contributed by atoms with Crippen molar-refractivity contribution < 1.29 is 28.9 Å². The number of carbonyl (C=O) groups is 2. The molecule has 1 aliphatic heterocycles. The molecule has 2 aromatic carbocycles. The standard InChI is InChI=1S/C22H24N4O6/c1-25-14-5-4-6-15(18(14)24-22(25)23)32-20-16(30-2)11-13-12(19(20)31-3)7-9-26(21(13)29)10-8-17(27)28/h4-6,11H,7-10H2,1-3H3,(H2,23,24)(H,27,28). The second kappa shape index (κ2) is 8.29. The van der Waals surface area contributed by atoms with Gasteiger partial charge in [-0.3, -0.25) is 9.59 Å². The minimum atomic E-state index is -0.952. The van der Waals surface area contributed by atoms with Crippen molar-refractivity contribution in [3.63, 3.8) is 0 Å². The van der Waals surface area contributed by atoms with Crippen molar-refractivity contribution in [2.75, 3.05) is 33.0 Å². The number of aryl methyl sites for hydroxylation is 1. The van der Waals surface area contributed by atoms with E-state index < -0.39 is 5.97 Å². The fraction of sp³-hybridized carbons (Fsp3) is 0.318. The van der Waals surface area contributed by atoms with Crippen LogP contribution < -0.4 is 19.9 Å². The van der Waals surface area contributed by atoms with Gasteiger partial charge in [0, 0.05) is 25.7 Å². The summed E-state index contributed by atoms with van der Waals surface area (Å²) in [6.45, 7) is 0.521. The predicted octanol–water partition coefficient (Wildman–Crippen LogP) is 2.44. The third-order valence-electron chi connectivity index (χ3n) is 5.59. The van der Waals surface area contributed by atoms with Crippen molar-refractivity contribution in [2.45, 2.75) is 12.8 Å². The zero-order valence-electron chi connectivity index (χ0n) is 18.0. The normalized spacial score (nSPS) is 13.2. The number of nitrogens with zero attached hydrogens (tertiary/aromatic N) is 3. The first kappa shape index (κ1) is 21.3. The molecule has 0 aliphatic carbocycles. The Labute approximate surface area is 184 Å². The van der Waals surface area contributed by atoms with Gasteiger partial charge in [0.15, 0.2) is 17.2 Å². The molecule has 0 unspecified atom stereocenters. The van der Waals surface area contributed by atoms with Crippen LogP contribution in [0.15, 0.2) is 24.3 Å². The average molecular weight is 440 g/mol. The van der Waals surface area contributed by atoms with Gasteiger partial charge < -0.3 is 34.5 Å². The van der Waals surface area contributed by atoms with Crippen LogP contribution in [0.1, 0.15) is 22.3 Å². The molecule has 168 valence electrons. The summed E-state index contributed by atoms with van der Waals surface area (Å²) >= 11 is 0. The van der Waals surface area contributed by atoms with Gasteiger partial charge in [0.25, 0.3) is 5.91 Å². The Morgan fingerprint density at radius 1 is 1.22 bits per heavy atom. The molecule has 3 N–H and O–H groups in total. The molecule has 0 radical (unpaired) electrons. The largest absolute Gasteiger partial charge is 0.493 e. The van der Waals surface area contributed by atoms with Crippen LogP contribution in [0.2, 0.25) is 0 Å². The van der Waals surface area contributed by atoms with E-state index in [4.69, 9.17) is 25.1 Å². The number of aliphatic carboxylic acids is 1. The molecule has 0 saturated carbocycles. The number of amides is 1. The van der Waals surface area contributed by atoms with Crippen LogP contribution >= 0.6 is 0 Å². The van der Waals surface area contributed by atoms with E-state index in [1.54, 1.807) is 16.7 Å². The van der Waals surface area contributed by atoms with Crippen molar-refractivity contribution in [1.29, 1.82) is 0 Å². The minimum absolute atomic E-state index is 0.117. The van der Waals surface area contributed by atoms with Crippen molar-refractivity contribution in [3.8, 4) is 23.0 Å². The van der Waals surface area contributed by atoms with Crippen molar-refractivity contribution in [3.05, 3.63) is 35.4 Å². The smallest absolute Gasteiger partial charge is 0.305 e. The summed E-state index contributed by atoms with van der Waals surface area (Å²) in [7, 11) is 4.79. The highest BCUT2D eigenvalue weighted by atomic mass is 16.5. The second-order valence-corrected chi connectivity index (χ2v) is 7.41. The summed E-state index contributed by atoms with van der Waals surface area (Å²) in [5, 5.41) is 8.95. The van der Waals surface area contributed by atoms with E-state index in [1.165, 1.54) is 19.1 Å². The molecule has 0 bridgehead atoms. The number of aromatic nitrogens is 2. The third kappa shape index (κ3) is 3.53. The average Bonchev–Trinajstić information content (AvgIpc) is 3.07. The van der Waals surface area contributed by atoms with Gasteiger partial charge >= 0.3 is 5.97 Å². The van der Waals surface area contributed by atoms with Crippen molar-refractivity contribution >= 4 is 28.9 Å². The monoisotopic (exact) mass is 440 g/mol. The molecule has 3 aromatic rings. The summed E-state index contributed by atoms with van der Waals surface area (Å²) in [4.78, 5) is 29.8. The van der Waals surface area contributed by atoms with E-state index in [1.807, 2.05) is 19.2 Å². The minimum Gasteiger partial charge on any atom is -0.493 e. The number of imidazole rings is 1. The van der Waals surface area contributed by atoms with Gasteiger partial charge in [-0.2, -0.15) is 0 Å². The molecule has 0 fully saturated rings. The molecule has 0 atom stereocenters. The molecular formula is C22H24N4O6. The lowest BCUT2D eigenvalue weighted by Crippen LogP contribution is -2.39. The first-order valence-corrected chi connectivity index (χ1v) is 10.0. The number of ether oxygens (including phenoxy) is 3. The zero-order valence-corrected chi connectivity index (χ0v) is 18.0. The zero-order chi connectivity index (χ0) is 23.0. The van der Waals surface area contributed by atoms with Crippen molar-refractivity contribution in [2.24, 2.45) is 7.05 Å². The number of fused-ring (bicyclic) bond motifs is 2. The highest BCUT2D eigenvalue weighted by Gasteiger charge is 2.31. The second-order valence-electron chi connectivity index (χ2n) is 7.41. The highest BCUT2D eigenvalue weighted by Crippen LogP contribution is 2.46. The lowest BCUT2D eigenvalue weighted by atomic mass is 9.96. The summed E-state index contributed by atoms with van der Waals surface area (Å²) in [6.07, 6.45) is 0.374. The lowest BCUT2D eigenvalue weighted by molar-refractivity contribution is -0.137. The van der Waals surface area contributed by atoms with Crippen LogP contribution in [0, 0.1) is 0 Å². The number of nitrogen functional groups attached to an aromatic ring is 1. The molecule has 10 heteroatoms. The first-order valence-electron chi connectivity index (χ1n) is 10.0. The number of benzene rings is 2. The number of rotatable bonds is 7. The molecule has 0 spiro atoms. The number of nitrogens with two attached hydrogens (primary N) is 1. The Hall–Kier alpha value is -3.95. The molecule has 32 heavy (non-hydrogen) atoms. The van der Waals surface area contributed by atoms with Crippen LogP contribution in [0.3, 0.4) is 0 Å². The maximum Gasteiger partial charge on any atom is 0.305 e. The number of hydrogen-bond donors (Lipinski definition) is 2. The van der Waals surface area contributed by atoms with Crippen molar-refractivity contribution in [1.82, 2.24) is 14.5 Å². The van der Waals surface area contributed by atoms with E-state index in [2.05, 4.69) is 4.98 Å². The van der Waals surface area contributed by atoms with E-state index in [9.17, 15) is 9.59 Å². The van der Waals surface area contributed by atoms with Crippen LogP contribution in [0.25, 0.3) is 11.0 Å². The van der Waals surface area contributed by atoms with E-state index >= 15 is 0 Å². The van der Waals surface area contributed by atoms with E-state index in [0.717, 1.165) is 5.52 Å². The molecule has 2 heterocycles. The topological polar surface area (TPSA) is 129 Å². The van der Waals surface area contributed by atoms with Crippen LogP contribution in [0.4, 0.5) is 5.95 Å². The highest BCUT2D eigenvalue weighted by molar-refractivity contribution is 5.99. The van der Waals surface area contributed by atoms with Crippen LogP contribution in [-0.4, -0.2) is 58.7 Å². The quantitative estimate of drug-likeness (QED) is 0.573. The fourth-order valence-corrected chi connectivity index (χ4v) is 3.92. The maximum atomic E-state index is 13.0. The fourth-order valence-electron chi connectivity index (χ4n) is 3.92. The number of carbonyl (C=O) groups excluding carboxylic acids is 1. The Morgan fingerprint density at radius 3 is 2.69 bits per heavy atom. The number of para-hydroxylation sites is 1. The number of anilines is 1. The summed E-state index contributed by atoms with van der Waals surface area (Å²) < 4.78 is 19.2. The number of hydrogen-bond acceptors (Lipinski definition) is 7. The SMILES string of the molecule is COc1cc2c(c(OC)c1Oc1cccc3c1nc(N)n3C)CCN(CCC(=O)O)C2=O. The number of carboxylic acid groups (broad SMARTS) is 1. The van der Waals surface area contributed by atoms with Gasteiger partial charge in [-0.1, -0.05) is 6.07 Å². The Balaban J connectivity index is 1.78.